The summed E-state index contributed by atoms with van der Waals surface area (Å²) in [6.07, 6.45) is 0.531. The first kappa shape index (κ1) is 36.8. The first-order valence-corrected chi connectivity index (χ1v) is 15.3. The number of urea groups is 1. The summed E-state index contributed by atoms with van der Waals surface area (Å²) >= 11 is 0. The Hall–Kier alpha value is -4.69. The van der Waals surface area contributed by atoms with Gasteiger partial charge in [-0.3, -0.25) is 14.5 Å². The molecule has 1 saturated heterocycles. The van der Waals surface area contributed by atoms with E-state index in [4.69, 9.17) is 9.47 Å². The maximum Gasteiger partial charge on any atom is 0.328 e. The van der Waals surface area contributed by atoms with Crippen LogP contribution in [0.25, 0.3) is 0 Å². The summed E-state index contributed by atoms with van der Waals surface area (Å²) in [5, 5.41) is 29.7. The number of likely N-dealkylation sites (N-methyl/N-ethyl adjacent to an activating group) is 1. The fourth-order valence-corrected chi connectivity index (χ4v) is 5.18. The summed E-state index contributed by atoms with van der Waals surface area (Å²) in [5.41, 5.74) is 1.85. The van der Waals surface area contributed by atoms with Gasteiger partial charge < -0.3 is 41.0 Å². The largest absolute Gasteiger partial charge is 0.497 e. The Morgan fingerprint density at radius 3 is 2.00 bits per heavy atom. The number of likely N-dealkylation sites (tertiary alicyclic amines) is 1. The van der Waals surface area contributed by atoms with Crippen molar-refractivity contribution in [3.8, 4) is 5.75 Å². The van der Waals surface area contributed by atoms with Crippen molar-refractivity contribution in [1.82, 2.24) is 15.5 Å². The quantitative estimate of drug-likeness (QED) is 0.155. The van der Waals surface area contributed by atoms with E-state index in [1.165, 1.54) is 0 Å². The SMILES string of the molecule is COc1ccc(NC(=O)Nc2ccc(C3CC(C(=O)NC(COCCC(NC(=O)CC(C)(C)C)C(=O)O)C(=O)O)N(C)C3)cc2)cc1. The summed E-state index contributed by atoms with van der Waals surface area (Å²) in [7, 11) is 3.35. The molecule has 256 valence electrons. The summed E-state index contributed by atoms with van der Waals surface area (Å²) in [5.74, 6) is -2.70. The number of nitrogens with one attached hydrogen (secondary N) is 4. The fraction of sp³-hybridized carbons (Fsp3) is 0.485. The fourth-order valence-electron chi connectivity index (χ4n) is 5.18. The van der Waals surface area contributed by atoms with E-state index in [1.807, 2.05) is 37.8 Å². The van der Waals surface area contributed by atoms with Gasteiger partial charge in [-0.15, -0.1) is 0 Å². The molecule has 0 bridgehead atoms. The number of amides is 4. The summed E-state index contributed by atoms with van der Waals surface area (Å²) in [4.78, 5) is 63.0. The van der Waals surface area contributed by atoms with Crippen LogP contribution in [0.1, 0.15) is 51.5 Å². The Bertz CT molecular complexity index is 1390. The molecule has 14 heteroatoms. The highest BCUT2D eigenvalue weighted by Gasteiger charge is 2.37. The molecule has 4 unspecified atom stereocenters. The first-order valence-electron chi connectivity index (χ1n) is 15.3. The topological polar surface area (TPSA) is 196 Å². The van der Waals surface area contributed by atoms with Crippen molar-refractivity contribution in [2.24, 2.45) is 5.41 Å². The zero-order valence-electron chi connectivity index (χ0n) is 27.4. The Morgan fingerprint density at radius 1 is 0.894 bits per heavy atom. The minimum Gasteiger partial charge on any atom is -0.497 e. The second-order valence-corrected chi connectivity index (χ2v) is 12.8. The van der Waals surface area contributed by atoms with Gasteiger partial charge in [-0.2, -0.15) is 0 Å². The van der Waals surface area contributed by atoms with Crippen molar-refractivity contribution in [3.05, 3.63) is 54.1 Å². The molecule has 1 heterocycles. The molecule has 1 fully saturated rings. The van der Waals surface area contributed by atoms with Crippen molar-refractivity contribution >= 4 is 41.2 Å². The number of aliphatic carboxylic acids is 2. The number of anilines is 2. The normalized spacial score (nSPS) is 17.6. The maximum atomic E-state index is 13.1. The van der Waals surface area contributed by atoms with Gasteiger partial charge >= 0.3 is 18.0 Å². The van der Waals surface area contributed by atoms with Crippen LogP contribution in [0.2, 0.25) is 0 Å². The molecule has 47 heavy (non-hydrogen) atoms. The predicted octanol–water partition coefficient (Wildman–Crippen LogP) is 3.11. The molecule has 14 nitrogen and oxygen atoms in total. The van der Waals surface area contributed by atoms with Gasteiger partial charge in [0.2, 0.25) is 11.8 Å². The number of methoxy groups -OCH3 is 1. The molecule has 2 aromatic rings. The van der Waals surface area contributed by atoms with Crippen molar-refractivity contribution in [3.63, 3.8) is 0 Å². The van der Waals surface area contributed by atoms with Crippen LogP contribution in [0.3, 0.4) is 0 Å². The minimum atomic E-state index is -1.34. The van der Waals surface area contributed by atoms with Gasteiger partial charge in [0.15, 0.2) is 6.04 Å². The van der Waals surface area contributed by atoms with E-state index in [9.17, 15) is 34.2 Å². The van der Waals surface area contributed by atoms with Gasteiger partial charge in [-0.1, -0.05) is 32.9 Å². The van der Waals surface area contributed by atoms with E-state index in [0.29, 0.717) is 30.1 Å². The van der Waals surface area contributed by atoms with Gasteiger partial charge in [-0.05, 0) is 66.8 Å². The number of benzene rings is 2. The smallest absolute Gasteiger partial charge is 0.328 e. The molecule has 0 spiro atoms. The van der Waals surface area contributed by atoms with Crippen LogP contribution in [0.15, 0.2) is 48.5 Å². The lowest BCUT2D eigenvalue weighted by Crippen LogP contribution is -2.50. The van der Waals surface area contributed by atoms with Gasteiger partial charge in [-0.25, -0.2) is 14.4 Å². The number of ether oxygens (including phenoxy) is 2. The second kappa shape index (κ2) is 16.7. The van der Waals surface area contributed by atoms with Crippen molar-refractivity contribution in [1.29, 1.82) is 0 Å². The van der Waals surface area contributed by atoms with E-state index < -0.39 is 47.9 Å². The molecule has 3 rings (SSSR count). The Kier molecular flexibility index (Phi) is 13.1. The monoisotopic (exact) mass is 655 g/mol. The number of carboxylic acids is 2. The van der Waals surface area contributed by atoms with Crippen LogP contribution in [-0.2, 0) is 23.9 Å². The number of carbonyl (C=O) groups excluding carboxylic acids is 3. The molecule has 4 amide bonds. The summed E-state index contributed by atoms with van der Waals surface area (Å²) in [6.45, 7) is 5.64. The van der Waals surface area contributed by atoms with Gasteiger partial charge in [0, 0.05) is 37.4 Å². The minimum absolute atomic E-state index is 0.00102. The van der Waals surface area contributed by atoms with E-state index >= 15 is 0 Å². The lowest BCUT2D eigenvalue weighted by Gasteiger charge is -2.22. The summed E-state index contributed by atoms with van der Waals surface area (Å²) in [6, 6.07) is 10.7. The third-order valence-corrected chi connectivity index (χ3v) is 7.61. The molecule has 0 saturated carbocycles. The van der Waals surface area contributed by atoms with E-state index in [2.05, 4.69) is 21.3 Å². The van der Waals surface area contributed by atoms with Crippen LogP contribution in [0.5, 0.6) is 5.75 Å². The van der Waals surface area contributed by atoms with Gasteiger partial charge in [0.05, 0.1) is 19.8 Å². The second-order valence-electron chi connectivity index (χ2n) is 12.8. The Labute approximate surface area is 274 Å². The van der Waals surface area contributed by atoms with Crippen LogP contribution >= 0.6 is 0 Å². The molecular weight excluding hydrogens is 610 g/mol. The van der Waals surface area contributed by atoms with E-state index in [0.717, 1.165) is 5.56 Å². The standard InChI is InChI=1S/C33H45N5O9/c1-33(2,3)17-28(39)36-25(30(41)42)14-15-47-19-26(31(43)44)37-29(40)27-16-21(18-38(27)4)20-6-8-22(9-7-20)34-32(45)35-23-10-12-24(46-5)13-11-23/h6-13,21,25-27H,14-19H2,1-5H3,(H,36,39)(H,37,40)(H,41,42)(H,43,44)(H2,34,35,45). The van der Waals surface area contributed by atoms with Gasteiger partial charge in [0.1, 0.15) is 11.8 Å². The summed E-state index contributed by atoms with van der Waals surface area (Å²) < 4.78 is 10.5. The highest BCUT2D eigenvalue weighted by Crippen LogP contribution is 2.31. The Morgan fingerprint density at radius 2 is 1.47 bits per heavy atom. The third kappa shape index (κ3) is 11.9. The molecule has 4 atom stereocenters. The lowest BCUT2D eigenvalue weighted by molar-refractivity contribution is -0.145. The van der Waals surface area contributed by atoms with E-state index in [1.54, 1.807) is 50.6 Å². The highest BCUT2D eigenvalue weighted by atomic mass is 16.5. The Balaban J connectivity index is 1.47. The van der Waals surface area contributed by atoms with Crippen LogP contribution in [0, 0.1) is 5.41 Å². The molecule has 6 N–H and O–H groups in total. The molecule has 1 aliphatic heterocycles. The van der Waals surface area contributed by atoms with Gasteiger partial charge in [0.25, 0.3) is 0 Å². The van der Waals surface area contributed by atoms with Crippen LogP contribution in [0.4, 0.5) is 16.2 Å². The molecular formula is C33H45N5O9. The number of carboxylic acid groups (broad SMARTS) is 2. The average Bonchev–Trinajstić information content (AvgIpc) is 3.39. The van der Waals surface area contributed by atoms with E-state index in [-0.39, 0.29) is 37.4 Å². The predicted molar refractivity (Wildman–Crippen MR) is 174 cm³/mol. The lowest BCUT2D eigenvalue weighted by atomic mass is 9.92. The molecule has 0 radical (unpaired) electrons. The number of nitrogens with zero attached hydrogens (tertiary/aromatic N) is 1. The third-order valence-electron chi connectivity index (χ3n) is 7.61. The van der Waals surface area contributed by atoms with Crippen LogP contribution < -0.4 is 26.0 Å². The number of carbonyl (C=O) groups is 5. The molecule has 0 aliphatic carbocycles. The van der Waals surface area contributed by atoms with Crippen molar-refractivity contribution in [2.45, 2.75) is 64.1 Å². The molecule has 2 aromatic carbocycles. The molecule has 0 aromatic heterocycles. The van der Waals surface area contributed by atoms with Crippen molar-refractivity contribution < 1.29 is 43.7 Å². The highest BCUT2D eigenvalue weighted by molar-refractivity contribution is 5.99. The molecule has 1 aliphatic rings. The average molecular weight is 656 g/mol. The van der Waals surface area contributed by atoms with Crippen molar-refractivity contribution in [2.75, 3.05) is 44.5 Å². The number of hydrogen-bond donors (Lipinski definition) is 6. The van der Waals surface area contributed by atoms with Crippen LogP contribution in [-0.4, -0.2) is 96.9 Å². The number of rotatable bonds is 15. The zero-order chi connectivity index (χ0) is 34.7. The zero-order valence-corrected chi connectivity index (χ0v) is 27.4. The number of hydrogen-bond acceptors (Lipinski definition) is 8. The first-order chi connectivity index (χ1) is 22.1. The maximum absolute atomic E-state index is 13.1.